The number of benzene rings is 1. The molecule has 1 aromatic carbocycles. The third kappa shape index (κ3) is 4.53. The smallest absolute Gasteiger partial charge is 0.243 e. The first-order chi connectivity index (χ1) is 9.74. The maximum Gasteiger partial charge on any atom is 0.243 e. The van der Waals surface area contributed by atoms with E-state index >= 15 is 0 Å². The van der Waals surface area contributed by atoms with Crippen LogP contribution >= 0.6 is 27.5 Å². The summed E-state index contributed by atoms with van der Waals surface area (Å²) >= 11 is 8.83. The summed E-state index contributed by atoms with van der Waals surface area (Å²) in [7, 11) is -4.00. The minimum Gasteiger partial charge on any atom is -0.395 e. The molecule has 5 nitrogen and oxygen atoms in total. The molecule has 0 saturated carbocycles. The molecule has 0 aromatic heterocycles. The average molecular weight is 403 g/mol. The lowest BCUT2D eigenvalue weighted by Crippen LogP contribution is -2.35. The number of halogens is 3. The Balaban J connectivity index is 2.94. The third-order valence-electron chi connectivity index (χ3n) is 3.06. The van der Waals surface area contributed by atoms with Crippen LogP contribution in [0.15, 0.2) is 15.4 Å². The zero-order chi connectivity index (χ0) is 16.2. The molecule has 21 heavy (non-hydrogen) atoms. The van der Waals surface area contributed by atoms with Crippen LogP contribution in [0.1, 0.15) is 13.8 Å². The standard InChI is InChI=1S/C12H18BrClFN3O2S/c1-3-18(4-2)6-5-17-21(19,20)9-7-8(14)10(13)12(16)11(9)15/h7,17H,3-6,16H2,1-2H3. The number of nitrogens with zero attached hydrogens (tertiary/aromatic N) is 1. The van der Waals surface area contributed by atoms with Gasteiger partial charge in [-0.25, -0.2) is 17.5 Å². The van der Waals surface area contributed by atoms with Crippen molar-refractivity contribution in [3.63, 3.8) is 0 Å². The maximum atomic E-state index is 14.0. The molecule has 0 saturated heterocycles. The molecule has 0 aliphatic heterocycles. The van der Waals surface area contributed by atoms with E-state index < -0.39 is 20.7 Å². The van der Waals surface area contributed by atoms with Crippen molar-refractivity contribution in [2.24, 2.45) is 0 Å². The van der Waals surface area contributed by atoms with Crippen molar-refractivity contribution in [1.82, 2.24) is 9.62 Å². The number of rotatable bonds is 7. The summed E-state index contributed by atoms with van der Waals surface area (Å²) in [5.74, 6) is -1.01. The second-order valence-electron chi connectivity index (χ2n) is 4.32. The topological polar surface area (TPSA) is 75.4 Å². The van der Waals surface area contributed by atoms with Gasteiger partial charge in [0, 0.05) is 13.1 Å². The second-order valence-corrected chi connectivity index (χ2v) is 7.26. The number of hydrogen-bond donors (Lipinski definition) is 2. The lowest BCUT2D eigenvalue weighted by molar-refractivity contribution is 0.309. The summed E-state index contributed by atoms with van der Waals surface area (Å²) in [6.45, 7) is 6.29. The van der Waals surface area contributed by atoms with Crippen LogP contribution in [0.25, 0.3) is 0 Å². The van der Waals surface area contributed by atoms with Crippen molar-refractivity contribution in [2.45, 2.75) is 18.7 Å². The Morgan fingerprint density at radius 1 is 1.43 bits per heavy atom. The molecular weight excluding hydrogens is 385 g/mol. The normalized spacial score (nSPS) is 12.1. The van der Waals surface area contributed by atoms with E-state index in [9.17, 15) is 12.8 Å². The van der Waals surface area contributed by atoms with Crippen LogP contribution in [-0.4, -0.2) is 39.5 Å². The van der Waals surface area contributed by atoms with Crippen molar-refractivity contribution in [3.05, 3.63) is 21.4 Å². The molecule has 0 spiro atoms. The number of nitrogens with one attached hydrogen (secondary N) is 1. The summed E-state index contributed by atoms with van der Waals surface area (Å²) in [5.41, 5.74) is 5.17. The van der Waals surface area contributed by atoms with Gasteiger partial charge in [0.1, 0.15) is 4.90 Å². The van der Waals surface area contributed by atoms with E-state index in [-0.39, 0.29) is 21.7 Å². The summed E-state index contributed by atoms with van der Waals surface area (Å²) in [6.07, 6.45) is 0. The fourth-order valence-corrected chi connectivity index (χ4v) is 3.45. The molecule has 0 atom stereocenters. The molecule has 3 N–H and O–H groups in total. The Hall–Kier alpha value is -0.410. The van der Waals surface area contributed by atoms with Crippen LogP contribution in [0.3, 0.4) is 0 Å². The van der Waals surface area contributed by atoms with E-state index in [0.29, 0.717) is 6.54 Å². The number of nitrogen functional groups attached to an aromatic ring is 1. The monoisotopic (exact) mass is 401 g/mol. The Morgan fingerprint density at radius 3 is 2.52 bits per heavy atom. The van der Waals surface area contributed by atoms with E-state index in [1.165, 1.54) is 0 Å². The number of anilines is 1. The minimum absolute atomic E-state index is 0.0398. The number of likely N-dealkylation sites (N-methyl/N-ethyl adjacent to an activating group) is 1. The van der Waals surface area contributed by atoms with E-state index in [4.69, 9.17) is 17.3 Å². The van der Waals surface area contributed by atoms with Gasteiger partial charge < -0.3 is 10.6 Å². The number of nitrogens with two attached hydrogens (primary N) is 1. The molecule has 0 heterocycles. The van der Waals surface area contributed by atoms with Crippen LogP contribution in [0.5, 0.6) is 0 Å². The molecular formula is C12H18BrClFN3O2S. The Labute approximate surface area is 137 Å². The zero-order valence-electron chi connectivity index (χ0n) is 11.8. The SMILES string of the molecule is CCN(CC)CCNS(=O)(=O)c1cc(Cl)c(Br)c(N)c1F. The first-order valence-electron chi connectivity index (χ1n) is 6.39. The fraction of sp³-hybridized carbons (Fsp3) is 0.500. The molecule has 0 fully saturated rings. The Kier molecular flexibility index (Phi) is 6.86. The van der Waals surface area contributed by atoms with E-state index in [1.807, 2.05) is 18.7 Å². The average Bonchev–Trinajstić information content (AvgIpc) is 2.45. The van der Waals surface area contributed by atoms with Gasteiger partial charge in [0.2, 0.25) is 10.0 Å². The number of hydrogen-bond acceptors (Lipinski definition) is 4. The Morgan fingerprint density at radius 2 is 2.00 bits per heavy atom. The maximum absolute atomic E-state index is 14.0. The van der Waals surface area contributed by atoms with Crippen LogP contribution in [0.2, 0.25) is 5.02 Å². The minimum atomic E-state index is -4.00. The van der Waals surface area contributed by atoms with Gasteiger partial charge in [0.15, 0.2) is 5.82 Å². The highest BCUT2D eigenvalue weighted by Crippen LogP contribution is 2.34. The largest absolute Gasteiger partial charge is 0.395 e. The van der Waals surface area contributed by atoms with Crippen LogP contribution < -0.4 is 10.5 Å². The predicted octanol–water partition coefficient (Wildman–Crippen LogP) is 2.44. The van der Waals surface area contributed by atoms with Crippen molar-refractivity contribution in [2.75, 3.05) is 31.9 Å². The highest BCUT2D eigenvalue weighted by molar-refractivity contribution is 9.10. The molecule has 1 aromatic rings. The van der Waals surface area contributed by atoms with Crippen molar-refractivity contribution in [3.8, 4) is 0 Å². The second kappa shape index (κ2) is 7.73. The summed E-state index contributed by atoms with van der Waals surface area (Å²) in [4.78, 5) is 1.50. The lowest BCUT2D eigenvalue weighted by Gasteiger charge is -2.18. The number of sulfonamides is 1. The van der Waals surface area contributed by atoms with E-state index in [1.54, 1.807) is 0 Å². The molecule has 0 aliphatic carbocycles. The van der Waals surface area contributed by atoms with Gasteiger partial charge >= 0.3 is 0 Å². The molecule has 0 radical (unpaired) electrons. The third-order valence-corrected chi connectivity index (χ3v) is 5.90. The molecule has 120 valence electrons. The zero-order valence-corrected chi connectivity index (χ0v) is 14.9. The molecule has 0 aliphatic rings. The summed E-state index contributed by atoms with van der Waals surface area (Å²) < 4.78 is 40.8. The molecule has 9 heteroatoms. The van der Waals surface area contributed by atoms with Gasteiger partial charge in [-0.2, -0.15) is 0 Å². The van der Waals surface area contributed by atoms with Crippen molar-refractivity contribution >= 4 is 43.2 Å². The van der Waals surface area contributed by atoms with Gasteiger partial charge in [-0.15, -0.1) is 0 Å². The van der Waals surface area contributed by atoms with Gasteiger partial charge in [-0.05, 0) is 35.1 Å². The van der Waals surface area contributed by atoms with Gasteiger partial charge in [0.25, 0.3) is 0 Å². The van der Waals surface area contributed by atoms with E-state index in [2.05, 4.69) is 20.7 Å². The van der Waals surface area contributed by atoms with Gasteiger partial charge in [-0.3, -0.25) is 0 Å². The lowest BCUT2D eigenvalue weighted by atomic mass is 10.3. The molecule has 0 unspecified atom stereocenters. The highest BCUT2D eigenvalue weighted by atomic mass is 79.9. The van der Waals surface area contributed by atoms with Crippen molar-refractivity contribution < 1.29 is 12.8 Å². The first kappa shape index (κ1) is 18.6. The summed E-state index contributed by atoms with van der Waals surface area (Å²) in [5, 5.41) is 0.0398. The molecule has 0 bridgehead atoms. The highest BCUT2D eigenvalue weighted by Gasteiger charge is 2.23. The van der Waals surface area contributed by atoms with Crippen molar-refractivity contribution in [1.29, 1.82) is 0 Å². The predicted molar refractivity (Wildman–Crippen MR) is 86.5 cm³/mol. The van der Waals surface area contributed by atoms with Gasteiger partial charge in [-0.1, -0.05) is 25.4 Å². The molecule has 1 rings (SSSR count). The fourth-order valence-electron chi connectivity index (χ4n) is 1.75. The first-order valence-corrected chi connectivity index (χ1v) is 9.05. The Bertz CT molecular complexity index is 609. The molecule has 0 amide bonds. The van der Waals surface area contributed by atoms with Crippen LogP contribution in [0.4, 0.5) is 10.1 Å². The van der Waals surface area contributed by atoms with E-state index in [0.717, 1.165) is 19.2 Å². The van der Waals surface area contributed by atoms with Crippen LogP contribution in [0, 0.1) is 5.82 Å². The quantitative estimate of drug-likeness (QED) is 0.542. The summed E-state index contributed by atoms with van der Waals surface area (Å²) in [6, 6.07) is 1.04. The van der Waals surface area contributed by atoms with Gasteiger partial charge in [0.05, 0.1) is 15.2 Å². The van der Waals surface area contributed by atoms with Crippen LogP contribution in [-0.2, 0) is 10.0 Å².